The second-order valence-electron chi connectivity index (χ2n) is 6.51. The maximum Gasteiger partial charge on any atom is 0.335 e. The summed E-state index contributed by atoms with van der Waals surface area (Å²) >= 11 is 5.98. The second-order valence-corrected chi connectivity index (χ2v) is 8.82. The Hall–Kier alpha value is 0.0700. The Balaban J connectivity index is 4.55. The lowest BCUT2D eigenvalue weighted by atomic mass is 10.1. The van der Waals surface area contributed by atoms with E-state index >= 15 is 0 Å². The van der Waals surface area contributed by atoms with E-state index in [1.54, 1.807) is 0 Å². The van der Waals surface area contributed by atoms with E-state index in [-0.39, 0.29) is 11.8 Å². The Kier molecular flexibility index (Phi) is 13.3. The number of esters is 1. The fraction of sp³-hybridized carbons (Fsp3) is 0.938. The summed E-state index contributed by atoms with van der Waals surface area (Å²) in [6.07, 6.45) is 7.31. The van der Waals surface area contributed by atoms with E-state index in [2.05, 4.69) is 43.5 Å². The number of hydrogen-bond donors (Lipinski definition) is 0. The molecule has 26 heavy (non-hydrogen) atoms. The molecule has 0 aliphatic rings. The first-order valence-corrected chi connectivity index (χ1v) is 10.8. The number of nitrogens with zero attached hydrogens (tertiary/aromatic N) is 2. The van der Waals surface area contributed by atoms with Crippen molar-refractivity contribution in [2.75, 3.05) is 5.33 Å². The van der Waals surface area contributed by atoms with E-state index < -0.39 is 33.3 Å². The summed E-state index contributed by atoms with van der Waals surface area (Å²) < 4.78 is 56.0. The minimum atomic E-state index is -3.38. The third-order valence-corrected chi connectivity index (χ3v) is 6.55. The predicted octanol–water partition coefficient (Wildman–Crippen LogP) is 6.79. The molecule has 0 aliphatic heterocycles. The van der Waals surface area contributed by atoms with Crippen molar-refractivity contribution in [2.45, 2.75) is 88.2 Å². The molecular formula is C16H28Br2F4N2O2. The molecule has 0 aromatic carbocycles. The highest BCUT2D eigenvalue weighted by atomic mass is 79.9. The Labute approximate surface area is 169 Å². The highest BCUT2D eigenvalue weighted by Gasteiger charge is 2.53. The van der Waals surface area contributed by atoms with E-state index in [0.29, 0.717) is 6.42 Å². The number of hydrogen-bond acceptors (Lipinski definition) is 4. The highest BCUT2D eigenvalue weighted by Crippen LogP contribution is 2.34. The molecule has 0 amide bonds. The molecule has 4 nitrogen and oxygen atoms in total. The van der Waals surface area contributed by atoms with Gasteiger partial charge in [0.05, 0.1) is 10.7 Å². The largest absolute Gasteiger partial charge is 0.419 e. The van der Waals surface area contributed by atoms with Crippen LogP contribution >= 0.6 is 31.9 Å². The first-order valence-electron chi connectivity index (χ1n) is 8.86. The zero-order chi connectivity index (χ0) is 20.2. The molecule has 0 aliphatic carbocycles. The first-order chi connectivity index (χ1) is 12.1. The Bertz CT molecular complexity index is 394. The van der Waals surface area contributed by atoms with Gasteiger partial charge in [0, 0.05) is 11.8 Å². The summed E-state index contributed by atoms with van der Waals surface area (Å²) in [6.45, 7) is 3.47. The molecule has 0 rings (SSSR count). The summed E-state index contributed by atoms with van der Waals surface area (Å²) in [5, 5.41) is -3.47. The van der Waals surface area contributed by atoms with E-state index in [1.165, 1.54) is 19.8 Å². The number of unbranched alkanes of at least 4 members (excludes halogenated alkanes) is 8. The van der Waals surface area contributed by atoms with Crippen molar-refractivity contribution in [1.29, 1.82) is 0 Å². The Morgan fingerprint density at radius 2 is 1.35 bits per heavy atom. The molecule has 0 bridgehead atoms. The Morgan fingerprint density at radius 3 is 1.73 bits per heavy atom. The summed E-state index contributed by atoms with van der Waals surface area (Å²) in [5.41, 5.74) is 0. The van der Waals surface area contributed by atoms with Crippen LogP contribution in [-0.2, 0) is 9.53 Å². The molecule has 0 aromatic heterocycles. The smallest absolute Gasteiger partial charge is 0.335 e. The van der Waals surface area contributed by atoms with Crippen LogP contribution in [0.2, 0.25) is 0 Å². The van der Waals surface area contributed by atoms with Gasteiger partial charge >= 0.3 is 11.8 Å². The lowest BCUT2D eigenvalue weighted by Crippen LogP contribution is -2.54. The van der Waals surface area contributed by atoms with Crippen molar-refractivity contribution in [3.63, 3.8) is 0 Å². The molecule has 1 atom stereocenters. The van der Waals surface area contributed by atoms with Crippen LogP contribution in [0.4, 0.5) is 17.9 Å². The van der Waals surface area contributed by atoms with E-state index in [9.17, 15) is 22.7 Å². The molecule has 156 valence electrons. The van der Waals surface area contributed by atoms with Gasteiger partial charge in [-0.25, -0.2) is 0 Å². The van der Waals surface area contributed by atoms with Gasteiger partial charge < -0.3 is 4.74 Å². The van der Waals surface area contributed by atoms with Crippen LogP contribution in [0, 0.1) is 0 Å². The topological polar surface area (TPSA) is 32.8 Å². The number of halogens is 6. The van der Waals surface area contributed by atoms with Crippen molar-refractivity contribution < 1.29 is 27.5 Å². The molecule has 0 heterocycles. The normalized spacial score (nSPS) is 14.7. The van der Waals surface area contributed by atoms with E-state index in [0.717, 1.165) is 32.1 Å². The van der Waals surface area contributed by atoms with Gasteiger partial charge in [0.25, 0.3) is 0 Å². The van der Waals surface area contributed by atoms with Crippen molar-refractivity contribution in [3.05, 3.63) is 0 Å². The van der Waals surface area contributed by atoms with Gasteiger partial charge in [0.15, 0.2) is 0 Å². The van der Waals surface area contributed by atoms with Crippen LogP contribution in [0.3, 0.4) is 0 Å². The van der Waals surface area contributed by atoms with Crippen LogP contribution < -0.4 is 0 Å². The summed E-state index contributed by atoms with van der Waals surface area (Å²) in [6, 6.07) is 0. The molecule has 0 N–H and O–H groups in total. The van der Waals surface area contributed by atoms with Gasteiger partial charge in [-0.2, -0.15) is 0 Å². The third kappa shape index (κ3) is 8.84. The number of ether oxygens (including phenoxy) is 1. The van der Waals surface area contributed by atoms with E-state index in [4.69, 9.17) is 0 Å². The van der Waals surface area contributed by atoms with Gasteiger partial charge in [-0.1, -0.05) is 108 Å². The van der Waals surface area contributed by atoms with Gasteiger partial charge in [0.1, 0.15) is 4.32 Å². The fourth-order valence-electron chi connectivity index (χ4n) is 2.32. The average molecular weight is 516 g/mol. The molecule has 0 fully saturated rings. The zero-order valence-corrected chi connectivity index (χ0v) is 18.4. The number of rotatable bonds is 15. The second kappa shape index (κ2) is 13.3. The predicted molar refractivity (Wildman–Crippen MR) is 99.9 cm³/mol. The summed E-state index contributed by atoms with van der Waals surface area (Å²) in [7, 11) is 0. The fourth-order valence-corrected chi connectivity index (χ4v) is 2.63. The van der Waals surface area contributed by atoms with Crippen LogP contribution in [0.15, 0.2) is 0 Å². The van der Waals surface area contributed by atoms with Crippen LogP contribution in [-0.4, -0.2) is 32.2 Å². The van der Waals surface area contributed by atoms with E-state index in [1.807, 2.05) is 0 Å². The molecule has 0 spiro atoms. The maximum atomic E-state index is 13.2. The lowest BCUT2D eigenvalue weighted by molar-refractivity contribution is -0.445. The zero-order valence-electron chi connectivity index (χ0n) is 15.3. The number of carbonyl (C=O) groups excluding carboxylic acids is 1. The van der Waals surface area contributed by atoms with Crippen LogP contribution in [0.25, 0.3) is 0 Å². The summed E-state index contributed by atoms with van der Waals surface area (Å²) in [4.78, 5) is 12.0. The quantitative estimate of drug-likeness (QED) is 0.0599. The van der Waals surface area contributed by atoms with Crippen molar-refractivity contribution in [3.8, 4) is 0 Å². The Morgan fingerprint density at radius 1 is 0.923 bits per heavy atom. The molecule has 1 unspecified atom stereocenters. The highest BCUT2D eigenvalue weighted by molar-refractivity contribution is 9.12. The molecule has 0 radical (unpaired) electrons. The van der Waals surface area contributed by atoms with Crippen molar-refractivity contribution in [2.24, 2.45) is 0 Å². The van der Waals surface area contributed by atoms with Crippen molar-refractivity contribution in [1.82, 2.24) is 10.7 Å². The van der Waals surface area contributed by atoms with Crippen LogP contribution in [0.5, 0.6) is 0 Å². The minimum Gasteiger partial charge on any atom is -0.419 e. The summed E-state index contributed by atoms with van der Waals surface area (Å²) in [5.74, 6) is -4.58. The number of alkyl halides is 2. The average Bonchev–Trinajstić information content (AvgIpc) is 2.58. The first kappa shape index (κ1) is 26.1. The molecule has 0 aromatic rings. The monoisotopic (exact) mass is 514 g/mol. The number of carbonyl (C=O) groups is 1. The van der Waals surface area contributed by atoms with Crippen molar-refractivity contribution >= 4 is 37.8 Å². The van der Waals surface area contributed by atoms with Gasteiger partial charge in [-0.3, -0.25) is 4.79 Å². The SMILES string of the molecule is CCCCCCCCCCCC(OC(=O)C(C)(Br)CBr)(N(F)F)N(F)F. The molecule has 0 saturated carbocycles. The van der Waals surface area contributed by atoms with Crippen LogP contribution in [0.1, 0.15) is 78.1 Å². The maximum absolute atomic E-state index is 13.2. The molecular weight excluding hydrogens is 488 g/mol. The van der Waals surface area contributed by atoms with Gasteiger partial charge in [0.2, 0.25) is 0 Å². The molecule has 10 heteroatoms. The standard InChI is InChI=1S/C16H28Br2F4N2O2/c1-3-4-5-6-7-8-9-10-11-12-16(23(19)20,24(21)22)26-14(25)15(2,18)13-17/h3-13H2,1-2H3. The minimum absolute atomic E-state index is 0.0179. The van der Waals surface area contributed by atoms with Gasteiger partial charge in [-0.15, -0.1) is 0 Å². The van der Waals surface area contributed by atoms with Gasteiger partial charge in [-0.05, 0) is 13.3 Å². The lowest BCUT2D eigenvalue weighted by Gasteiger charge is -2.34. The third-order valence-electron chi connectivity index (χ3n) is 4.07. The molecule has 0 saturated heterocycles.